The Bertz CT molecular complexity index is 881. The van der Waals surface area contributed by atoms with Crippen LogP contribution in [-0.4, -0.2) is 31.7 Å². The first kappa shape index (κ1) is 19.7. The average Bonchev–Trinajstić information content (AvgIpc) is 2.56. The molecular weight excluding hydrogens is 383 g/mol. The van der Waals surface area contributed by atoms with Crippen molar-refractivity contribution in [2.45, 2.75) is 24.8 Å². The van der Waals surface area contributed by atoms with Gasteiger partial charge in [0.25, 0.3) is 5.91 Å². The second-order valence-electron chi connectivity index (χ2n) is 5.72. The molecule has 0 radical (unpaired) electrons. The fraction of sp³-hybridized carbons (Fsp3) is 0.235. The summed E-state index contributed by atoms with van der Waals surface area (Å²) in [5, 5.41) is 3.33. The van der Waals surface area contributed by atoms with E-state index in [0.29, 0.717) is 16.3 Å². The summed E-state index contributed by atoms with van der Waals surface area (Å²) in [6.07, 6.45) is 0. The maximum absolute atomic E-state index is 12.4. The summed E-state index contributed by atoms with van der Waals surface area (Å²) in [7, 11) is -2.03. The maximum Gasteiger partial charge on any atom is 0.255 e. The zero-order chi connectivity index (χ0) is 18.8. The van der Waals surface area contributed by atoms with Gasteiger partial charge in [0.15, 0.2) is 0 Å². The number of carbonyl (C=O) groups is 1. The lowest BCUT2D eigenvalue weighted by Crippen LogP contribution is -2.33. The summed E-state index contributed by atoms with van der Waals surface area (Å²) >= 11 is 11.7. The molecule has 2 aromatic rings. The van der Waals surface area contributed by atoms with Crippen molar-refractivity contribution >= 4 is 44.8 Å². The lowest BCUT2D eigenvalue weighted by molar-refractivity contribution is 0.102. The third-order valence-electron chi connectivity index (χ3n) is 3.70. The van der Waals surface area contributed by atoms with Gasteiger partial charge in [-0.05, 0) is 56.3 Å². The van der Waals surface area contributed by atoms with Gasteiger partial charge in [-0.25, -0.2) is 8.42 Å². The quantitative estimate of drug-likeness (QED) is 0.814. The van der Waals surface area contributed by atoms with Crippen molar-refractivity contribution in [2.75, 3.05) is 12.4 Å². The second kappa shape index (κ2) is 7.74. The van der Waals surface area contributed by atoms with Gasteiger partial charge in [0.05, 0.1) is 14.9 Å². The summed E-state index contributed by atoms with van der Waals surface area (Å²) in [6, 6.07) is 10.4. The summed E-state index contributed by atoms with van der Waals surface area (Å²) < 4.78 is 26.1. The highest BCUT2D eigenvalue weighted by molar-refractivity contribution is 7.89. The molecule has 8 heteroatoms. The minimum Gasteiger partial charge on any atom is -0.322 e. The number of nitrogens with zero attached hydrogens (tertiary/aromatic N) is 1. The fourth-order valence-electron chi connectivity index (χ4n) is 1.99. The molecule has 0 saturated carbocycles. The number of sulfonamides is 1. The first-order valence-electron chi connectivity index (χ1n) is 7.47. The first-order valence-corrected chi connectivity index (χ1v) is 9.67. The van der Waals surface area contributed by atoms with Gasteiger partial charge in [0.1, 0.15) is 0 Å². The molecule has 0 saturated heterocycles. The molecule has 2 aromatic carbocycles. The predicted octanol–water partition coefficient (Wildman–Crippen LogP) is 4.27. The Morgan fingerprint density at radius 2 is 1.64 bits per heavy atom. The Morgan fingerprint density at radius 3 is 2.16 bits per heavy atom. The molecule has 134 valence electrons. The van der Waals surface area contributed by atoms with E-state index in [4.69, 9.17) is 23.2 Å². The van der Waals surface area contributed by atoms with Crippen molar-refractivity contribution < 1.29 is 13.2 Å². The van der Waals surface area contributed by atoms with Crippen LogP contribution in [0.3, 0.4) is 0 Å². The predicted molar refractivity (Wildman–Crippen MR) is 101 cm³/mol. The van der Waals surface area contributed by atoms with Crippen LogP contribution in [0.1, 0.15) is 24.2 Å². The number of anilines is 1. The highest BCUT2D eigenvalue weighted by atomic mass is 35.5. The minimum atomic E-state index is -3.56. The molecule has 25 heavy (non-hydrogen) atoms. The number of hydrogen-bond donors (Lipinski definition) is 1. The van der Waals surface area contributed by atoms with Crippen LogP contribution < -0.4 is 5.32 Å². The Hall–Kier alpha value is -1.60. The summed E-state index contributed by atoms with van der Waals surface area (Å²) in [5.74, 6) is -0.367. The summed E-state index contributed by atoms with van der Waals surface area (Å²) in [4.78, 5) is 12.4. The molecule has 5 nitrogen and oxygen atoms in total. The number of nitrogens with one attached hydrogen (secondary N) is 1. The van der Waals surface area contributed by atoms with Gasteiger partial charge in [-0.1, -0.05) is 23.2 Å². The number of amides is 1. The number of rotatable bonds is 5. The van der Waals surface area contributed by atoms with E-state index < -0.39 is 10.0 Å². The molecule has 0 aliphatic carbocycles. The van der Waals surface area contributed by atoms with E-state index in [1.165, 1.54) is 47.8 Å². The molecule has 1 N–H and O–H groups in total. The smallest absolute Gasteiger partial charge is 0.255 e. The summed E-state index contributed by atoms with van der Waals surface area (Å²) in [5.41, 5.74) is 0.827. The molecule has 0 heterocycles. The van der Waals surface area contributed by atoms with Crippen molar-refractivity contribution in [3.63, 3.8) is 0 Å². The Kier molecular flexibility index (Phi) is 6.11. The van der Waals surface area contributed by atoms with Gasteiger partial charge in [0.2, 0.25) is 10.0 Å². The van der Waals surface area contributed by atoms with E-state index in [9.17, 15) is 13.2 Å². The van der Waals surface area contributed by atoms with Crippen molar-refractivity contribution in [1.82, 2.24) is 4.31 Å². The molecule has 1 amide bonds. The van der Waals surface area contributed by atoms with E-state index in [0.717, 1.165) is 0 Å². The zero-order valence-corrected chi connectivity index (χ0v) is 16.3. The van der Waals surface area contributed by atoms with Gasteiger partial charge < -0.3 is 5.32 Å². The van der Waals surface area contributed by atoms with E-state index in [2.05, 4.69) is 5.32 Å². The van der Waals surface area contributed by atoms with Crippen molar-refractivity contribution in [2.24, 2.45) is 0 Å². The maximum atomic E-state index is 12.4. The van der Waals surface area contributed by atoms with Gasteiger partial charge in [-0.2, -0.15) is 4.31 Å². The van der Waals surface area contributed by atoms with Crippen LogP contribution in [0, 0.1) is 0 Å². The van der Waals surface area contributed by atoms with E-state index >= 15 is 0 Å². The van der Waals surface area contributed by atoms with Crippen molar-refractivity contribution in [3.8, 4) is 0 Å². The molecule has 2 rings (SSSR count). The number of halogens is 2. The lowest BCUT2D eigenvalue weighted by atomic mass is 10.2. The van der Waals surface area contributed by atoms with Crippen LogP contribution in [0.5, 0.6) is 0 Å². The van der Waals surface area contributed by atoms with Crippen LogP contribution in [0.25, 0.3) is 0 Å². The highest BCUT2D eigenvalue weighted by Crippen LogP contribution is 2.24. The number of hydrogen-bond acceptors (Lipinski definition) is 3. The van der Waals surface area contributed by atoms with Gasteiger partial charge in [-0.3, -0.25) is 4.79 Å². The van der Waals surface area contributed by atoms with Crippen LogP contribution in [0.15, 0.2) is 47.4 Å². The third-order valence-corrected chi connectivity index (χ3v) is 6.48. The normalized spacial score (nSPS) is 11.8. The molecule has 0 aromatic heterocycles. The minimum absolute atomic E-state index is 0.154. The average molecular weight is 401 g/mol. The van der Waals surface area contributed by atoms with Crippen LogP contribution in [0.4, 0.5) is 5.69 Å². The van der Waals surface area contributed by atoms with E-state index in [1.54, 1.807) is 19.9 Å². The molecule has 0 aliphatic heterocycles. The Balaban J connectivity index is 2.17. The molecule has 0 atom stereocenters. The molecule has 0 fully saturated rings. The van der Waals surface area contributed by atoms with E-state index in [-0.39, 0.29) is 21.9 Å². The monoisotopic (exact) mass is 400 g/mol. The largest absolute Gasteiger partial charge is 0.322 e. The van der Waals surface area contributed by atoms with Crippen LogP contribution in [-0.2, 0) is 10.0 Å². The van der Waals surface area contributed by atoms with Crippen LogP contribution >= 0.6 is 23.2 Å². The topological polar surface area (TPSA) is 66.5 Å². The Labute approximate surface area is 157 Å². The Morgan fingerprint density at radius 1 is 1.04 bits per heavy atom. The number of benzene rings is 2. The SMILES string of the molecule is CC(C)N(C)S(=O)(=O)c1ccc(NC(=O)c2ccc(Cl)c(Cl)c2)cc1. The van der Waals surface area contributed by atoms with Crippen molar-refractivity contribution in [3.05, 3.63) is 58.1 Å². The van der Waals surface area contributed by atoms with Gasteiger partial charge in [-0.15, -0.1) is 0 Å². The van der Waals surface area contributed by atoms with Crippen LogP contribution in [0.2, 0.25) is 10.0 Å². The molecular formula is C17H18Cl2N2O3S. The molecule has 0 aliphatic rings. The fourth-order valence-corrected chi connectivity index (χ4v) is 3.66. The third kappa shape index (κ3) is 4.52. The van der Waals surface area contributed by atoms with Gasteiger partial charge >= 0.3 is 0 Å². The summed E-state index contributed by atoms with van der Waals surface area (Å²) in [6.45, 7) is 3.59. The lowest BCUT2D eigenvalue weighted by Gasteiger charge is -2.21. The molecule has 0 unspecified atom stereocenters. The van der Waals surface area contributed by atoms with Crippen molar-refractivity contribution in [1.29, 1.82) is 0 Å². The molecule has 0 bridgehead atoms. The highest BCUT2D eigenvalue weighted by Gasteiger charge is 2.22. The zero-order valence-electron chi connectivity index (χ0n) is 14.0. The number of carbonyl (C=O) groups excluding carboxylic acids is 1. The first-order chi connectivity index (χ1) is 11.6. The standard InChI is InChI=1S/C17H18Cl2N2O3S/c1-11(2)21(3)25(23,24)14-7-5-13(6-8-14)20-17(22)12-4-9-15(18)16(19)10-12/h4-11H,1-3H3,(H,20,22). The van der Waals surface area contributed by atoms with Gasteiger partial charge in [0, 0.05) is 24.3 Å². The molecule has 0 spiro atoms. The second-order valence-corrected chi connectivity index (χ2v) is 8.53. The van der Waals surface area contributed by atoms with E-state index in [1.807, 2.05) is 0 Å².